The fourth-order valence-corrected chi connectivity index (χ4v) is 3.83. The Labute approximate surface area is 104 Å². The molecule has 6 heteroatoms. The zero-order valence-corrected chi connectivity index (χ0v) is 11.1. The van der Waals surface area contributed by atoms with Gasteiger partial charge in [0.05, 0.1) is 0 Å². The number of rotatable bonds is 4. The molecule has 1 atom stereocenters. The van der Waals surface area contributed by atoms with Crippen molar-refractivity contribution in [3.05, 3.63) is 0 Å². The van der Waals surface area contributed by atoms with E-state index in [2.05, 4.69) is 10.0 Å². The fraction of sp³-hybridized carbons (Fsp3) is 1.00. The zero-order valence-electron chi connectivity index (χ0n) is 10.3. The van der Waals surface area contributed by atoms with Gasteiger partial charge in [0.15, 0.2) is 0 Å². The number of nitrogens with zero attached hydrogens (tertiary/aromatic N) is 1. The van der Waals surface area contributed by atoms with Crippen LogP contribution in [-0.4, -0.2) is 44.9 Å². The van der Waals surface area contributed by atoms with Crippen LogP contribution in [0, 0.1) is 0 Å². The molecule has 17 heavy (non-hydrogen) atoms. The van der Waals surface area contributed by atoms with Crippen molar-refractivity contribution in [1.82, 2.24) is 14.3 Å². The maximum Gasteiger partial charge on any atom is 0.279 e. The Morgan fingerprint density at radius 1 is 1.12 bits per heavy atom. The van der Waals surface area contributed by atoms with Crippen molar-refractivity contribution in [1.29, 1.82) is 0 Å². The second kappa shape index (κ2) is 6.13. The number of hydrogen-bond acceptors (Lipinski definition) is 3. The third-order valence-corrected chi connectivity index (χ3v) is 5.16. The van der Waals surface area contributed by atoms with Gasteiger partial charge in [-0.3, -0.25) is 0 Å². The molecule has 2 fully saturated rings. The predicted molar refractivity (Wildman–Crippen MR) is 68.0 cm³/mol. The van der Waals surface area contributed by atoms with Crippen molar-refractivity contribution in [3.8, 4) is 0 Å². The number of piperidine rings is 2. The van der Waals surface area contributed by atoms with Crippen molar-refractivity contribution in [2.24, 2.45) is 0 Å². The maximum atomic E-state index is 12.0. The van der Waals surface area contributed by atoms with Crippen molar-refractivity contribution in [2.75, 3.05) is 26.2 Å². The largest absolute Gasteiger partial charge is 0.313 e. The lowest BCUT2D eigenvalue weighted by Gasteiger charge is -2.28. The molecule has 2 saturated heterocycles. The third kappa shape index (κ3) is 3.91. The highest BCUT2D eigenvalue weighted by molar-refractivity contribution is 7.87. The van der Waals surface area contributed by atoms with E-state index in [1.807, 2.05) is 0 Å². The fourth-order valence-electron chi connectivity index (χ4n) is 2.50. The molecule has 2 rings (SSSR count). The smallest absolute Gasteiger partial charge is 0.279 e. The summed E-state index contributed by atoms with van der Waals surface area (Å²) < 4.78 is 28.3. The van der Waals surface area contributed by atoms with Gasteiger partial charge in [-0.1, -0.05) is 12.8 Å². The minimum atomic E-state index is -3.24. The minimum Gasteiger partial charge on any atom is -0.313 e. The lowest BCUT2D eigenvalue weighted by Crippen LogP contribution is -2.49. The van der Waals surface area contributed by atoms with E-state index in [1.165, 1.54) is 12.8 Å². The highest BCUT2D eigenvalue weighted by Gasteiger charge is 2.24. The van der Waals surface area contributed by atoms with Crippen LogP contribution in [0.15, 0.2) is 0 Å². The van der Waals surface area contributed by atoms with Gasteiger partial charge < -0.3 is 5.32 Å². The molecule has 1 unspecified atom stereocenters. The van der Waals surface area contributed by atoms with E-state index in [0.29, 0.717) is 25.7 Å². The van der Waals surface area contributed by atoms with Gasteiger partial charge in [0.2, 0.25) is 0 Å². The first-order valence-corrected chi connectivity index (χ1v) is 8.10. The first-order valence-electron chi connectivity index (χ1n) is 6.66. The Kier molecular flexibility index (Phi) is 4.78. The summed E-state index contributed by atoms with van der Waals surface area (Å²) in [6, 6.07) is 0.309. The molecular formula is C11H23N3O2S. The van der Waals surface area contributed by atoms with E-state index >= 15 is 0 Å². The molecule has 5 nitrogen and oxygen atoms in total. The van der Waals surface area contributed by atoms with Gasteiger partial charge in [-0.05, 0) is 32.2 Å². The number of nitrogens with one attached hydrogen (secondary N) is 2. The second-order valence-electron chi connectivity index (χ2n) is 4.96. The van der Waals surface area contributed by atoms with Gasteiger partial charge in [-0.25, -0.2) is 4.72 Å². The molecular weight excluding hydrogens is 238 g/mol. The Balaban J connectivity index is 1.79. The Morgan fingerprint density at radius 2 is 1.88 bits per heavy atom. The summed E-state index contributed by atoms with van der Waals surface area (Å²) in [4.78, 5) is 0. The van der Waals surface area contributed by atoms with Crippen LogP contribution < -0.4 is 10.0 Å². The molecule has 0 aromatic heterocycles. The Morgan fingerprint density at radius 3 is 2.53 bits per heavy atom. The van der Waals surface area contributed by atoms with Crippen LogP contribution in [-0.2, 0) is 10.2 Å². The van der Waals surface area contributed by atoms with Crippen molar-refractivity contribution >= 4 is 10.2 Å². The highest BCUT2D eigenvalue weighted by atomic mass is 32.2. The van der Waals surface area contributed by atoms with Gasteiger partial charge in [-0.2, -0.15) is 12.7 Å². The molecule has 0 spiro atoms. The molecule has 0 aromatic carbocycles. The standard InChI is InChI=1S/C11H23N3O2S/c15-17(16,14-8-4-1-5-9-14)13-10-11-6-2-3-7-12-11/h11-13H,1-10H2. The summed E-state index contributed by atoms with van der Waals surface area (Å²) >= 11 is 0. The van der Waals surface area contributed by atoms with Gasteiger partial charge in [0.25, 0.3) is 10.2 Å². The van der Waals surface area contributed by atoms with Crippen molar-refractivity contribution in [3.63, 3.8) is 0 Å². The third-order valence-electron chi connectivity index (χ3n) is 3.58. The summed E-state index contributed by atoms with van der Waals surface area (Å²) in [5, 5.41) is 3.35. The predicted octanol–water partition coefficient (Wildman–Crippen LogP) is 0.449. The van der Waals surface area contributed by atoms with Crippen LogP contribution >= 0.6 is 0 Å². The van der Waals surface area contributed by atoms with Gasteiger partial charge in [0, 0.05) is 25.7 Å². The van der Waals surface area contributed by atoms with E-state index in [9.17, 15) is 8.42 Å². The SMILES string of the molecule is O=S(=O)(NCC1CCCCN1)N1CCCCC1. The van der Waals surface area contributed by atoms with Crippen molar-refractivity contribution < 1.29 is 8.42 Å². The average Bonchev–Trinajstić information content (AvgIpc) is 2.39. The van der Waals surface area contributed by atoms with Crippen molar-refractivity contribution in [2.45, 2.75) is 44.6 Å². The van der Waals surface area contributed by atoms with E-state index in [-0.39, 0.29) is 0 Å². The van der Waals surface area contributed by atoms with Gasteiger partial charge in [0.1, 0.15) is 0 Å². The molecule has 0 radical (unpaired) electrons. The molecule has 0 aliphatic carbocycles. The molecule has 2 aliphatic rings. The monoisotopic (exact) mass is 261 g/mol. The molecule has 2 heterocycles. The maximum absolute atomic E-state index is 12.0. The van der Waals surface area contributed by atoms with Gasteiger partial charge in [-0.15, -0.1) is 0 Å². The van der Waals surface area contributed by atoms with E-state index in [1.54, 1.807) is 4.31 Å². The lowest BCUT2D eigenvalue weighted by molar-refractivity contribution is 0.336. The van der Waals surface area contributed by atoms with E-state index < -0.39 is 10.2 Å². The number of hydrogen-bond donors (Lipinski definition) is 2. The van der Waals surface area contributed by atoms with E-state index in [4.69, 9.17) is 0 Å². The molecule has 0 bridgehead atoms. The molecule has 0 aromatic rings. The molecule has 2 N–H and O–H groups in total. The average molecular weight is 261 g/mol. The Bertz CT molecular complexity index is 320. The summed E-state index contributed by atoms with van der Waals surface area (Å²) in [6.07, 6.45) is 6.60. The van der Waals surface area contributed by atoms with Crippen LogP contribution in [0.4, 0.5) is 0 Å². The van der Waals surface area contributed by atoms with Gasteiger partial charge >= 0.3 is 0 Å². The van der Waals surface area contributed by atoms with Crippen LogP contribution in [0.2, 0.25) is 0 Å². The van der Waals surface area contributed by atoms with Crippen LogP contribution in [0.25, 0.3) is 0 Å². The normalized spacial score (nSPS) is 28.1. The lowest BCUT2D eigenvalue weighted by atomic mass is 10.1. The molecule has 100 valence electrons. The van der Waals surface area contributed by atoms with Crippen LogP contribution in [0.1, 0.15) is 38.5 Å². The quantitative estimate of drug-likeness (QED) is 0.772. The Hall–Kier alpha value is -0.170. The first-order chi connectivity index (χ1) is 8.18. The zero-order chi connectivity index (χ0) is 12.1. The topological polar surface area (TPSA) is 61.4 Å². The summed E-state index contributed by atoms with van der Waals surface area (Å²) in [5.74, 6) is 0. The summed E-state index contributed by atoms with van der Waals surface area (Å²) in [7, 11) is -3.24. The molecule has 0 saturated carbocycles. The molecule has 2 aliphatic heterocycles. The minimum absolute atomic E-state index is 0.309. The van der Waals surface area contributed by atoms with E-state index in [0.717, 1.165) is 32.2 Å². The first kappa shape index (κ1) is 13.3. The van der Waals surface area contributed by atoms with Crippen LogP contribution in [0.3, 0.4) is 0 Å². The second-order valence-corrected chi connectivity index (χ2v) is 6.72. The molecule has 0 amide bonds. The summed E-state index contributed by atoms with van der Waals surface area (Å²) in [6.45, 7) is 2.88. The van der Waals surface area contributed by atoms with Crippen LogP contribution in [0.5, 0.6) is 0 Å². The highest BCUT2D eigenvalue weighted by Crippen LogP contribution is 2.12. The summed E-state index contributed by atoms with van der Waals surface area (Å²) in [5.41, 5.74) is 0.